The lowest BCUT2D eigenvalue weighted by Crippen LogP contribution is -2.34. The van der Waals surface area contributed by atoms with E-state index >= 15 is 0 Å². The zero-order valence-electron chi connectivity index (χ0n) is 19.0. The third-order valence-corrected chi connectivity index (χ3v) is 5.27. The molecule has 0 atom stereocenters. The monoisotopic (exact) mass is 450 g/mol. The highest BCUT2D eigenvalue weighted by atomic mass is 16.6. The first-order valence-electron chi connectivity index (χ1n) is 10.7. The molecule has 33 heavy (non-hydrogen) atoms. The van der Waals surface area contributed by atoms with E-state index in [1.807, 2.05) is 49.1 Å². The van der Waals surface area contributed by atoms with Gasteiger partial charge in [0.15, 0.2) is 0 Å². The summed E-state index contributed by atoms with van der Waals surface area (Å²) in [6.45, 7) is 6.37. The molecule has 8 nitrogen and oxygen atoms in total. The van der Waals surface area contributed by atoms with E-state index in [4.69, 9.17) is 9.47 Å². The molecule has 8 heteroatoms. The fraction of sp³-hybridized carbons (Fsp3) is 0.280. The Morgan fingerprint density at radius 3 is 1.82 bits per heavy atom. The number of nitrogens with zero attached hydrogens (tertiary/aromatic N) is 2. The molecule has 0 amide bonds. The summed E-state index contributed by atoms with van der Waals surface area (Å²) in [5.74, 6) is -1.68. The summed E-state index contributed by atoms with van der Waals surface area (Å²) >= 11 is 0. The molecule has 2 aromatic rings. The van der Waals surface area contributed by atoms with Crippen LogP contribution in [0, 0.1) is 10.1 Å². The van der Waals surface area contributed by atoms with Crippen molar-refractivity contribution in [1.29, 1.82) is 0 Å². The Bertz CT molecular complexity index is 1090. The average Bonchev–Trinajstić information content (AvgIpc) is 2.78. The van der Waals surface area contributed by atoms with Gasteiger partial charge < -0.3 is 14.4 Å². The molecule has 0 saturated carbocycles. The lowest BCUT2D eigenvalue weighted by atomic mass is 9.86. The molecule has 0 fully saturated rings. The molecule has 3 rings (SSSR count). The van der Waals surface area contributed by atoms with E-state index in [9.17, 15) is 19.7 Å². The van der Waals surface area contributed by atoms with Crippen molar-refractivity contribution < 1.29 is 24.0 Å². The van der Waals surface area contributed by atoms with Crippen molar-refractivity contribution in [2.45, 2.75) is 46.5 Å². The van der Waals surface area contributed by atoms with Crippen molar-refractivity contribution in [2.24, 2.45) is 0 Å². The van der Waals surface area contributed by atoms with Gasteiger partial charge in [0.25, 0.3) is 5.69 Å². The van der Waals surface area contributed by atoms with Gasteiger partial charge in [-0.2, -0.15) is 0 Å². The van der Waals surface area contributed by atoms with Crippen LogP contribution in [-0.2, 0) is 19.1 Å². The molecule has 172 valence electrons. The lowest BCUT2D eigenvalue weighted by molar-refractivity contribution is -0.385. The Morgan fingerprint density at radius 2 is 1.36 bits per heavy atom. The first-order chi connectivity index (χ1) is 15.8. The number of benzene rings is 2. The molecule has 0 aromatic heterocycles. The fourth-order valence-electron chi connectivity index (χ4n) is 4.11. The number of para-hydroxylation sites is 2. The van der Waals surface area contributed by atoms with Crippen LogP contribution in [-0.4, -0.2) is 16.9 Å². The molecule has 1 heterocycles. The van der Waals surface area contributed by atoms with E-state index in [0.29, 0.717) is 24.2 Å². The molecule has 0 radical (unpaired) electrons. The minimum atomic E-state index is -0.940. The number of anilines is 1. The summed E-state index contributed by atoms with van der Waals surface area (Å²) in [6.07, 6.45) is 0.928. The highest BCUT2D eigenvalue weighted by Crippen LogP contribution is 2.48. The predicted octanol–water partition coefficient (Wildman–Crippen LogP) is 5.57. The molecular formula is C25H26N2O6. The first-order valence-corrected chi connectivity index (χ1v) is 10.7. The van der Waals surface area contributed by atoms with Crippen molar-refractivity contribution in [2.75, 3.05) is 4.90 Å². The first kappa shape index (κ1) is 23.7. The molecule has 0 saturated heterocycles. The molecule has 1 aliphatic heterocycles. The number of ether oxygens (including phenoxy) is 2. The van der Waals surface area contributed by atoms with Gasteiger partial charge in [0.05, 0.1) is 16.3 Å². The summed E-state index contributed by atoms with van der Waals surface area (Å²) in [4.78, 5) is 37.6. The maximum Gasteiger partial charge on any atom is 0.307 e. The van der Waals surface area contributed by atoms with Gasteiger partial charge in [-0.1, -0.05) is 50.2 Å². The molecule has 0 spiro atoms. The van der Waals surface area contributed by atoms with Gasteiger partial charge >= 0.3 is 11.9 Å². The van der Waals surface area contributed by atoms with Gasteiger partial charge in [0, 0.05) is 31.2 Å². The van der Waals surface area contributed by atoms with Crippen LogP contribution in [0.15, 0.2) is 77.5 Å². The number of allylic oxidation sites excluding steroid dienone is 2. The number of hydrogen-bond acceptors (Lipinski definition) is 7. The smallest absolute Gasteiger partial charge is 0.307 e. The van der Waals surface area contributed by atoms with Crippen molar-refractivity contribution in [3.8, 4) is 0 Å². The second-order valence-corrected chi connectivity index (χ2v) is 7.44. The van der Waals surface area contributed by atoms with Gasteiger partial charge in [-0.15, -0.1) is 0 Å². The summed E-state index contributed by atoms with van der Waals surface area (Å²) in [6, 6.07) is 15.6. The topological polar surface area (TPSA) is 99.0 Å². The van der Waals surface area contributed by atoms with Gasteiger partial charge in [-0.25, -0.2) is 0 Å². The van der Waals surface area contributed by atoms with Crippen LogP contribution in [0.5, 0.6) is 0 Å². The van der Waals surface area contributed by atoms with E-state index in [1.54, 1.807) is 18.2 Å². The molecular weight excluding hydrogens is 424 g/mol. The van der Waals surface area contributed by atoms with Crippen molar-refractivity contribution >= 4 is 23.3 Å². The summed E-state index contributed by atoms with van der Waals surface area (Å²) < 4.78 is 11.4. The zero-order chi connectivity index (χ0) is 24.1. The molecule has 0 bridgehead atoms. The lowest BCUT2D eigenvalue weighted by Gasteiger charge is -2.39. The van der Waals surface area contributed by atoms with Crippen molar-refractivity contribution in [3.63, 3.8) is 0 Å². The highest BCUT2D eigenvalue weighted by molar-refractivity contribution is 5.73. The van der Waals surface area contributed by atoms with Crippen LogP contribution in [0.25, 0.3) is 0 Å². The summed E-state index contributed by atoms with van der Waals surface area (Å²) in [5, 5.41) is 11.9. The molecule has 0 unspecified atom stereocenters. The van der Waals surface area contributed by atoms with Crippen LogP contribution >= 0.6 is 0 Å². The standard InChI is InChI=1S/C25H26N2O6/c1-5-20-24(32-16(3)28)23(19-14-10-11-15-22(19)27(30)31)25(33-17(4)29)21(6-2)26(20)18-12-8-7-9-13-18/h7-15,23H,5-6H2,1-4H3. The van der Waals surface area contributed by atoms with Crippen LogP contribution in [0.4, 0.5) is 11.4 Å². The Morgan fingerprint density at radius 1 is 0.879 bits per heavy atom. The van der Waals surface area contributed by atoms with Crippen LogP contribution in [0.1, 0.15) is 52.0 Å². The van der Waals surface area contributed by atoms with Gasteiger partial charge in [0.2, 0.25) is 0 Å². The number of esters is 2. The van der Waals surface area contributed by atoms with Gasteiger partial charge in [-0.05, 0) is 25.0 Å². The maximum atomic E-state index is 12.2. The van der Waals surface area contributed by atoms with E-state index in [2.05, 4.69) is 0 Å². The molecule has 2 aromatic carbocycles. The minimum absolute atomic E-state index is 0.157. The van der Waals surface area contributed by atoms with E-state index in [-0.39, 0.29) is 22.8 Å². The van der Waals surface area contributed by atoms with Crippen LogP contribution < -0.4 is 4.90 Å². The number of carbonyl (C=O) groups excluding carboxylic acids is 2. The predicted molar refractivity (Wildman–Crippen MR) is 123 cm³/mol. The minimum Gasteiger partial charge on any atom is -0.428 e. The fourth-order valence-corrected chi connectivity index (χ4v) is 4.11. The third kappa shape index (κ3) is 4.79. The van der Waals surface area contributed by atoms with Crippen molar-refractivity contribution in [3.05, 3.63) is 93.2 Å². The second kappa shape index (κ2) is 10.1. The molecule has 1 aliphatic rings. The highest BCUT2D eigenvalue weighted by Gasteiger charge is 2.42. The number of nitro groups is 1. The van der Waals surface area contributed by atoms with E-state index < -0.39 is 22.8 Å². The summed E-state index contributed by atoms with van der Waals surface area (Å²) in [7, 11) is 0. The number of rotatable bonds is 7. The number of nitro benzene ring substituents is 1. The Balaban J connectivity index is 2.42. The number of hydrogen-bond donors (Lipinski definition) is 0. The summed E-state index contributed by atoms with van der Waals surface area (Å²) in [5.41, 5.74) is 2.23. The van der Waals surface area contributed by atoms with Gasteiger partial charge in [0.1, 0.15) is 17.4 Å². The van der Waals surface area contributed by atoms with Gasteiger partial charge in [-0.3, -0.25) is 19.7 Å². The Labute approximate surface area is 192 Å². The Kier molecular flexibility index (Phi) is 7.27. The molecule has 0 aliphatic carbocycles. The van der Waals surface area contributed by atoms with E-state index in [1.165, 1.54) is 19.9 Å². The van der Waals surface area contributed by atoms with Crippen LogP contribution in [0.3, 0.4) is 0 Å². The SMILES string of the molecule is CCC1=C(OC(C)=O)C(c2ccccc2[N+](=O)[O-])C(OC(C)=O)=C(CC)N1c1ccccc1. The number of carbonyl (C=O) groups is 2. The second-order valence-electron chi connectivity index (χ2n) is 7.44. The Hall–Kier alpha value is -3.94. The largest absolute Gasteiger partial charge is 0.428 e. The normalized spacial score (nSPS) is 14.4. The van der Waals surface area contributed by atoms with Crippen LogP contribution in [0.2, 0.25) is 0 Å². The third-order valence-electron chi connectivity index (χ3n) is 5.27. The van der Waals surface area contributed by atoms with Crippen molar-refractivity contribution in [1.82, 2.24) is 0 Å². The van der Waals surface area contributed by atoms with E-state index in [0.717, 1.165) is 5.69 Å². The molecule has 0 N–H and O–H groups in total. The quantitative estimate of drug-likeness (QED) is 0.309. The zero-order valence-corrected chi connectivity index (χ0v) is 19.0. The maximum absolute atomic E-state index is 12.2. The average molecular weight is 450 g/mol.